The van der Waals surface area contributed by atoms with Gasteiger partial charge in [-0.25, -0.2) is 0 Å². The van der Waals surface area contributed by atoms with Crippen molar-refractivity contribution >= 4 is 11.0 Å². The Balaban J connectivity index is 2.81. The molecule has 0 atom stereocenters. The zero-order valence-electron chi connectivity index (χ0n) is 8.11. The predicted molar refractivity (Wildman–Crippen MR) is 52.8 cm³/mol. The quantitative estimate of drug-likeness (QED) is 0.688. The van der Waals surface area contributed by atoms with E-state index in [2.05, 4.69) is 11.1 Å². The van der Waals surface area contributed by atoms with Gasteiger partial charge in [-0.05, 0) is 12.0 Å². The summed E-state index contributed by atoms with van der Waals surface area (Å²) in [6.07, 6.45) is 3.33. The van der Waals surface area contributed by atoms with E-state index in [0.717, 1.165) is 11.1 Å². The highest BCUT2D eigenvalue weighted by Crippen LogP contribution is 2.25. The number of nitriles is 1. The van der Waals surface area contributed by atoms with E-state index in [4.69, 9.17) is 9.68 Å². The van der Waals surface area contributed by atoms with Crippen LogP contribution in [0.5, 0.6) is 0 Å². The molecule has 3 heteroatoms. The van der Waals surface area contributed by atoms with Crippen LogP contribution < -0.4 is 0 Å². The first-order chi connectivity index (χ1) is 6.74. The molecular formula is C11H10N2O. The van der Waals surface area contributed by atoms with E-state index in [-0.39, 0.29) is 5.92 Å². The highest BCUT2D eigenvalue weighted by molar-refractivity contribution is 5.82. The van der Waals surface area contributed by atoms with Gasteiger partial charge in [0.1, 0.15) is 11.6 Å². The first kappa shape index (κ1) is 8.76. The third-order valence-corrected chi connectivity index (χ3v) is 2.18. The van der Waals surface area contributed by atoms with Crippen molar-refractivity contribution in [3.8, 4) is 6.07 Å². The lowest BCUT2D eigenvalue weighted by Gasteiger charge is -2.05. The van der Waals surface area contributed by atoms with Crippen molar-refractivity contribution in [1.29, 1.82) is 5.26 Å². The second kappa shape index (κ2) is 3.15. The average molecular weight is 186 g/mol. The summed E-state index contributed by atoms with van der Waals surface area (Å²) < 4.78 is 5.27. The maximum atomic E-state index is 9.03. The van der Waals surface area contributed by atoms with Gasteiger partial charge in [0.2, 0.25) is 0 Å². The Morgan fingerprint density at radius 3 is 2.93 bits per heavy atom. The molecule has 2 aromatic rings. The summed E-state index contributed by atoms with van der Waals surface area (Å²) in [7, 11) is 0. The van der Waals surface area contributed by atoms with Crippen molar-refractivity contribution < 1.29 is 4.42 Å². The summed E-state index contributed by atoms with van der Waals surface area (Å²) in [5.41, 5.74) is 2.00. The normalized spacial score (nSPS) is 10.7. The molecule has 0 saturated carbocycles. The van der Waals surface area contributed by atoms with Crippen molar-refractivity contribution in [3.63, 3.8) is 0 Å². The number of hydrogen-bond acceptors (Lipinski definition) is 3. The van der Waals surface area contributed by atoms with Crippen molar-refractivity contribution in [2.75, 3.05) is 0 Å². The summed E-state index contributed by atoms with van der Waals surface area (Å²) in [5, 5.41) is 9.91. The Morgan fingerprint density at radius 2 is 2.29 bits per heavy atom. The summed E-state index contributed by atoms with van der Waals surface area (Å²) in [4.78, 5) is 4.27. The van der Waals surface area contributed by atoms with Gasteiger partial charge in [0.25, 0.3) is 0 Å². The number of aromatic nitrogens is 1. The standard InChI is InChI=1S/C11H10N2O/c1-7(2)10-9(5-12)11-8(6-13-10)3-4-14-11/h3-4,6-7H,1-2H3. The molecule has 0 saturated heterocycles. The van der Waals surface area contributed by atoms with Crippen LogP contribution in [-0.2, 0) is 0 Å². The lowest BCUT2D eigenvalue weighted by molar-refractivity contribution is 0.612. The fourth-order valence-electron chi connectivity index (χ4n) is 1.49. The van der Waals surface area contributed by atoms with Crippen LogP contribution in [0.1, 0.15) is 31.0 Å². The van der Waals surface area contributed by atoms with Crippen LogP contribution in [0.25, 0.3) is 11.0 Å². The van der Waals surface area contributed by atoms with Gasteiger partial charge in [-0.2, -0.15) is 5.26 Å². The van der Waals surface area contributed by atoms with Crippen LogP contribution in [0.2, 0.25) is 0 Å². The lowest BCUT2D eigenvalue weighted by Crippen LogP contribution is -1.96. The number of nitrogens with zero attached hydrogens (tertiary/aromatic N) is 2. The Hall–Kier alpha value is -1.82. The van der Waals surface area contributed by atoms with Crippen LogP contribution in [0, 0.1) is 11.3 Å². The molecular weight excluding hydrogens is 176 g/mol. The van der Waals surface area contributed by atoms with E-state index in [9.17, 15) is 0 Å². The van der Waals surface area contributed by atoms with E-state index >= 15 is 0 Å². The van der Waals surface area contributed by atoms with Crippen LogP contribution >= 0.6 is 0 Å². The fourth-order valence-corrected chi connectivity index (χ4v) is 1.49. The van der Waals surface area contributed by atoms with Crippen LogP contribution in [0.15, 0.2) is 22.9 Å². The molecule has 0 N–H and O–H groups in total. The van der Waals surface area contributed by atoms with Gasteiger partial charge in [0.15, 0.2) is 5.58 Å². The summed E-state index contributed by atoms with van der Waals surface area (Å²) in [5.74, 6) is 0.235. The second-order valence-corrected chi connectivity index (χ2v) is 3.49. The molecule has 0 amide bonds. The molecule has 0 radical (unpaired) electrons. The van der Waals surface area contributed by atoms with Gasteiger partial charge >= 0.3 is 0 Å². The number of rotatable bonds is 1. The third-order valence-electron chi connectivity index (χ3n) is 2.18. The molecule has 3 nitrogen and oxygen atoms in total. The van der Waals surface area contributed by atoms with Crippen molar-refractivity contribution in [1.82, 2.24) is 4.98 Å². The minimum Gasteiger partial charge on any atom is -0.463 e. The first-order valence-corrected chi connectivity index (χ1v) is 4.50. The highest BCUT2D eigenvalue weighted by atomic mass is 16.3. The Labute approximate surface area is 82.0 Å². The Morgan fingerprint density at radius 1 is 1.50 bits per heavy atom. The lowest BCUT2D eigenvalue weighted by atomic mass is 10.0. The fraction of sp³-hybridized carbons (Fsp3) is 0.273. The van der Waals surface area contributed by atoms with Gasteiger partial charge in [0, 0.05) is 11.6 Å². The third kappa shape index (κ3) is 1.16. The molecule has 0 aliphatic heterocycles. The van der Waals surface area contributed by atoms with Gasteiger partial charge in [0.05, 0.1) is 12.0 Å². The number of furan rings is 1. The van der Waals surface area contributed by atoms with Crippen LogP contribution in [0.3, 0.4) is 0 Å². The zero-order valence-corrected chi connectivity index (χ0v) is 8.11. The van der Waals surface area contributed by atoms with Gasteiger partial charge in [-0.15, -0.1) is 0 Å². The minimum atomic E-state index is 0.235. The molecule has 0 aliphatic rings. The molecule has 0 aliphatic carbocycles. The molecule has 0 aromatic carbocycles. The average Bonchev–Trinajstić information content (AvgIpc) is 2.63. The predicted octanol–water partition coefficient (Wildman–Crippen LogP) is 2.82. The largest absolute Gasteiger partial charge is 0.463 e. The highest BCUT2D eigenvalue weighted by Gasteiger charge is 2.13. The van der Waals surface area contributed by atoms with E-state index in [1.807, 2.05) is 19.9 Å². The molecule has 0 unspecified atom stereocenters. The van der Waals surface area contributed by atoms with Crippen LogP contribution in [-0.4, -0.2) is 4.98 Å². The second-order valence-electron chi connectivity index (χ2n) is 3.49. The maximum absolute atomic E-state index is 9.03. The molecule has 0 fully saturated rings. The van der Waals surface area contributed by atoms with E-state index in [0.29, 0.717) is 11.1 Å². The zero-order chi connectivity index (χ0) is 10.1. The van der Waals surface area contributed by atoms with Gasteiger partial charge in [-0.3, -0.25) is 4.98 Å². The summed E-state index contributed by atoms with van der Waals surface area (Å²) in [6, 6.07) is 3.96. The van der Waals surface area contributed by atoms with E-state index < -0.39 is 0 Å². The monoisotopic (exact) mass is 186 g/mol. The number of pyridine rings is 1. The molecule has 0 bridgehead atoms. The van der Waals surface area contributed by atoms with E-state index in [1.54, 1.807) is 12.5 Å². The number of hydrogen-bond donors (Lipinski definition) is 0. The molecule has 2 heterocycles. The molecule has 14 heavy (non-hydrogen) atoms. The molecule has 70 valence electrons. The Kier molecular flexibility index (Phi) is 1.97. The Bertz CT molecular complexity index is 505. The minimum absolute atomic E-state index is 0.235. The van der Waals surface area contributed by atoms with Crippen molar-refractivity contribution in [2.45, 2.75) is 19.8 Å². The van der Waals surface area contributed by atoms with Crippen molar-refractivity contribution in [3.05, 3.63) is 29.8 Å². The smallest absolute Gasteiger partial charge is 0.155 e. The van der Waals surface area contributed by atoms with Crippen molar-refractivity contribution in [2.24, 2.45) is 0 Å². The molecule has 2 aromatic heterocycles. The number of fused-ring (bicyclic) bond motifs is 1. The SMILES string of the molecule is CC(C)c1ncc2ccoc2c1C#N. The molecule has 2 rings (SSSR count). The van der Waals surface area contributed by atoms with Crippen LogP contribution in [0.4, 0.5) is 0 Å². The molecule has 0 spiro atoms. The first-order valence-electron chi connectivity index (χ1n) is 4.50. The topological polar surface area (TPSA) is 49.8 Å². The maximum Gasteiger partial charge on any atom is 0.155 e. The van der Waals surface area contributed by atoms with E-state index in [1.165, 1.54) is 0 Å². The summed E-state index contributed by atoms with van der Waals surface area (Å²) in [6.45, 7) is 4.02. The van der Waals surface area contributed by atoms with Gasteiger partial charge in [-0.1, -0.05) is 13.8 Å². The van der Waals surface area contributed by atoms with Gasteiger partial charge < -0.3 is 4.42 Å². The summed E-state index contributed by atoms with van der Waals surface area (Å²) >= 11 is 0.